The summed E-state index contributed by atoms with van der Waals surface area (Å²) in [6.07, 6.45) is 0.427. The summed E-state index contributed by atoms with van der Waals surface area (Å²) >= 11 is 0.965. The van der Waals surface area contributed by atoms with Gasteiger partial charge >= 0.3 is 7.75 Å². The molecular formula is C20H33N6O7PS. The number of thioether (sulfide) groups is 1. The number of nitrogens with two attached hydrogens (primary N) is 2. The van der Waals surface area contributed by atoms with E-state index in [-0.39, 0.29) is 48.1 Å². The van der Waals surface area contributed by atoms with Crippen LogP contribution >= 0.6 is 19.5 Å². The summed E-state index contributed by atoms with van der Waals surface area (Å²) in [6, 6.07) is 0. The van der Waals surface area contributed by atoms with E-state index in [1.165, 1.54) is 6.33 Å². The van der Waals surface area contributed by atoms with E-state index in [4.69, 9.17) is 25.0 Å². The number of nitrogens with zero attached hydrogens (tertiary/aromatic N) is 3. The average molecular weight is 533 g/mol. The molecule has 2 aromatic heterocycles. The van der Waals surface area contributed by atoms with E-state index in [1.54, 1.807) is 18.4 Å². The van der Waals surface area contributed by atoms with Crippen molar-refractivity contribution in [2.45, 2.75) is 47.0 Å². The molecule has 196 valence electrons. The molecule has 13 nitrogen and oxygen atoms in total. The van der Waals surface area contributed by atoms with E-state index in [0.717, 1.165) is 11.8 Å². The number of rotatable bonds is 10. The minimum Gasteiger partial charge on any atom is -0.395 e. The summed E-state index contributed by atoms with van der Waals surface area (Å²) in [5.41, 5.74) is 10.1. The van der Waals surface area contributed by atoms with E-state index in [9.17, 15) is 19.3 Å². The van der Waals surface area contributed by atoms with Crippen molar-refractivity contribution < 1.29 is 28.3 Å². The van der Waals surface area contributed by atoms with Crippen LogP contribution in [-0.4, -0.2) is 61.4 Å². The van der Waals surface area contributed by atoms with Crippen LogP contribution in [0.15, 0.2) is 11.1 Å². The molecule has 4 unspecified atom stereocenters. The molecule has 1 aliphatic rings. The first-order chi connectivity index (χ1) is 16.2. The van der Waals surface area contributed by atoms with Crippen molar-refractivity contribution in [3.8, 4) is 0 Å². The third-order valence-corrected chi connectivity index (χ3v) is 8.57. The summed E-state index contributed by atoms with van der Waals surface area (Å²) in [5, 5.41) is 9.04. The second-order valence-corrected chi connectivity index (χ2v) is 12.4. The topological polar surface area (TPSA) is 198 Å². The Morgan fingerprint density at radius 1 is 1.43 bits per heavy atom. The Labute approximate surface area is 206 Å². The van der Waals surface area contributed by atoms with Gasteiger partial charge in [0.15, 0.2) is 16.3 Å². The number of aromatic amines is 1. The number of nitrogen functional groups attached to an aromatic ring is 1. The number of aliphatic hydroxyl groups excluding tert-OH is 1. The molecule has 2 aromatic rings. The van der Waals surface area contributed by atoms with Gasteiger partial charge in [-0.3, -0.25) is 28.2 Å². The Bertz CT molecular complexity index is 1180. The van der Waals surface area contributed by atoms with Gasteiger partial charge in [-0.2, -0.15) is 4.98 Å². The van der Waals surface area contributed by atoms with Crippen molar-refractivity contribution in [1.29, 1.82) is 0 Å². The molecule has 0 aromatic carbocycles. The van der Waals surface area contributed by atoms with Crippen LogP contribution in [0, 0.1) is 16.7 Å². The molecular weight excluding hydrogens is 499 g/mol. The maximum absolute atomic E-state index is 12.6. The van der Waals surface area contributed by atoms with Gasteiger partial charge in [0, 0.05) is 11.2 Å². The molecule has 35 heavy (non-hydrogen) atoms. The molecule has 4 atom stereocenters. The summed E-state index contributed by atoms with van der Waals surface area (Å²) in [4.78, 5) is 34.9. The Morgan fingerprint density at radius 2 is 2.11 bits per heavy atom. The van der Waals surface area contributed by atoms with Crippen LogP contribution in [0.2, 0.25) is 0 Å². The zero-order valence-electron chi connectivity index (χ0n) is 20.4. The van der Waals surface area contributed by atoms with Gasteiger partial charge in [-0.25, -0.2) is 15.1 Å². The Morgan fingerprint density at radius 3 is 2.77 bits per heavy atom. The van der Waals surface area contributed by atoms with E-state index >= 15 is 0 Å². The number of hydrogen-bond acceptors (Lipinski definition) is 11. The van der Waals surface area contributed by atoms with Crippen molar-refractivity contribution in [1.82, 2.24) is 19.5 Å². The zero-order chi connectivity index (χ0) is 26.2. The lowest BCUT2D eigenvalue weighted by molar-refractivity contribution is -0.119. The highest BCUT2D eigenvalue weighted by Crippen LogP contribution is 2.51. The van der Waals surface area contributed by atoms with E-state index < -0.39 is 36.5 Å². The van der Waals surface area contributed by atoms with Crippen molar-refractivity contribution in [2.75, 3.05) is 31.3 Å². The normalized spacial score (nSPS) is 24.0. The van der Waals surface area contributed by atoms with Crippen LogP contribution in [0.1, 0.15) is 40.8 Å². The number of hydrogen-bond donors (Lipinski definition) is 4. The van der Waals surface area contributed by atoms with Gasteiger partial charge in [0.05, 0.1) is 37.7 Å². The largest absolute Gasteiger partial charge is 0.402 e. The number of H-pyrrole nitrogens is 1. The van der Waals surface area contributed by atoms with Gasteiger partial charge in [0.1, 0.15) is 6.23 Å². The molecule has 3 heterocycles. The van der Waals surface area contributed by atoms with Gasteiger partial charge in [-0.15, -0.1) is 0 Å². The first-order valence-corrected chi connectivity index (χ1v) is 13.6. The first kappa shape index (κ1) is 27.8. The molecule has 1 saturated heterocycles. The van der Waals surface area contributed by atoms with E-state index in [0.29, 0.717) is 5.65 Å². The molecule has 3 rings (SSSR count). The first-order valence-electron chi connectivity index (χ1n) is 11.0. The second-order valence-electron chi connectivity index (χ2n) is 9.76. The Hall–Kier alpha value is -1.80. The number of carbonyl (C=O) groups is 1. The molecule has 1 aliphatic heterocycles. The smallest absolute Gasteiger partial charge is 0.395 e. The molecule has 0 bridgehead atoms. The van der Waals surface area contributed by atoms with Crippen molar-refractivity contribution in [2.24, 2.45) is 22.3 Å². The Kier molecular flexibility index (Phi) is 8.17. The van der Waals surface area contributed by atoms with Crippen LogP contribution in [0.4, 0.5) is 5.95 Å². The van der Waals surface area contributed by atoms with Gasteiger partial charge < -0.3 is 15.6 Å². The molecule has 0 aliphatic carbocycles. The molecule has 0 spiro atoms. The molecule has 0 saturated carbocycles. The van der Waals surface area contributed by atoms with Crippen molar-refractivity contribution >= 4 is 41.7 Å². The fraction of sp³-hybridized carbons (Fsp3) is 0.700. The number of aromatic nitrogens is 4. The highest BCUT2D eigenvalue weighted by atomic mass is 32.2. The highest BCUT2D eigenvalue weighted by Gasteiger charge is 2.50. The van der Waals surface area contributed by atoms with Crippen LogP contribution in [0.25, 0.3) is 11.2 Å². The third-order valence-electron chi connectivity index (χ3n) is 6.33. The van der Waals surface area contributed by atoms with Crippen LogP contribution in [0.5, 0.6) is 0 Å². The Balaban J connectivity index is 1.61. The number of imidazole rings is 1. The maximum Gasteiger partial charge on any atom is 0.402 e. The predicted molar refractivity (Wildman–Crippen MR) is 131 cm³/mol. The number of carbonyl (C=O) groups excluding carboxylic acids is 1. The maximum atomic E-state index is 12.6. The predicted octanol–water partition coefficient (Wildman–Crippen LogP) is 1.64. The average Bonchev–Trinajstić information content (AvgIpc) is 3.28. The van der Waals surface area contributed by atoms with Gasteiger partial charge in [-0.1, -0.05) is 32.5 Å². The number of nitrogens with one attached hydrogen (secondary N) is 1. The van der Waals surface area contributed by atoms with Crippen LogP contribution in [-0.2, 0) is 23.1 Å². The lowest BCUT2D eigenvalue weighted by Crippen LogP contribution is -2.29. The lowest BCUT2D eigenvalue weighted by atomic mass is 9.78. The number of anilines is 1. The standard InChI is InChI=1S/C20H33N6O7PS/c1-11-12(8-32-34(22,30)31-6-7-35-17(29)19(2,3)9-27)33-16(20(11,4)5)26-10-23-13-14(26)24-18(21)25-15(13)28/h10-12,16,27H,6-9H2,1-5H3,(H2,22,30)(H3,21,24,25,28). The molecule has 0 radical (unpaired) electrons. The number of fused-ring (bicyclic) bond motifs is 1. The highest BCUT2D eigenvalue weighted by molar-refractivity contribution is 8.13. The fourth-order valence-corrected chi connectivity index (χ4v) is 5.36. The fourth-order valence-electron chi connectivity index (χ4n) is 3.66. The molecule has 15 heteroatoms. The molecule has 6 N–H and O–H groups in total. The van der Waals surface area contributed by atoms with Gasteiger partial charge in [0.2, 0.25) is 5.95 Å². The minimum absolute atomic E-state index is 0.0333. The summed E-state index contributed by atoms with van der Waals surface area (Å²) in [6.45, 7) is 8.78. The summed E-state index contributed by atoms with van der Waals surface area (Å²) in [7, 11) is -3.90. The number of ether oxygens (including phenoxy) is 1. The van der Waals surface area contributed by atoms with Crippen LogP contribution < -0.4 is 16.8 Å². The van der Waals surface area contributed by atoms with Gasteiger partial charge in [0.25, 0.3) is 5.56 Å². The van der Waals surface area contributed by atoms with Crippen LogP contribution in [0.3, 0.4) is 0 Å². The van der Waals surface area contributed by atoms with Crippen molar-refractivity contribution in [3.63, 3.8) is 0 Å². The third kappa shape index (κ3) is 5.96. The van der Waals surface area contributed by atoms with Crippen molar-refractivity contribution in [3.05, 3.63) is 16.7 Å². The minimum atomic E-state index is -3.90. The molecule has 1 fully saturated rings. The molecule has 0 amide bonds. The van der Waals surface area contributed by atoms with Gasteiger partial charge in [-0.05, 0) is 19.8 Å². The second kappa shape index (κ2) is 10.3. The summed E-state index contributed by atoms with van der Waals surface area (Å²) in [5.74, 6) is 0.105. The lowest BCUT2D eigenvalue weighted by Gasteiger charge is -2.29. The quantitative estimate of drug-likeness (QED) is 0.255. The number of aliphatic hydroxyl groups is 1. The monoisotopic (exact) mass is 532 g/mol. The zero-order valence-corrected chi connectivity index (χ0v) is 22.1. The summed E-state index contributed by atoms with van der Waals surface area (Å²) < 4.78 is 31.0. The van der Waals surface area contributed by atoms with E-state index in [2.05, 4.69) is 15.0 Å². The van der Waals surface area contributed by atoms with E-state index in [1.807, 2.05) is 20.8 Å². The SMILES string of the molecule is CC1C(COP(N)(=O)OCCSC(=O)C(C)(C)CO)OC(n2cnc3c(=O)[nH]c(N)nc32)C1(C)C.